The van der Waals surface area contributed by atoms with Gasteiger partial charge in [-0.1, -0.05) is 0 Å². The lowest BCUT2D eigenvalue weighted by molar-refractivity contribution is -0.138. The number of rotatable bonds is 3. The van der Waals surface area contributed by atoms with E-state index >= 15 is 0 Å². The first-order valence-electron chi connectivity index (χ1n) is 5.98. The van der Waals surface area contributed by atoms with Gasteiger partial charge in [0.05, 0.1) is 11.3 Å². The second-order valence-electron chi connectivity index (χ2n) is 4.81. The van der Waals surface area contributed by atoms with Crippen LogP contribution >= 0.6 is 0 Å². The SMILES string of the molecule is Cc1nn(C)cc1C(=O)N1CCC(CC(=O)O)C1. The van der Waals surface area contributed by atoms with Crippen molar-refractivity contribution in [3.8, 4) is 0 Å². The molecule has 1 saturated heterocycles. The Kier molecular flexibility index (Phi) is 3.36. The van der Waals surface area contributed by atoms with Crippen molar-refractivity contribution in [1.29, 1.82) is 0 Å². The van der Waals surface area contributed by atoms with Gasteiger partial charge in [-0.15, -0.1) is 0 Å². The standard InChI is InChI=1S/C12H17N3O3/c1-8-10(7-14(2)13-8)12(18)15-4-3-9(6-15)5-11(16)17/h7,9H,3-6H2,1-2H3,(H,16,17). The third-order valence-corrected chi connectivity index (χ3v) is 3.28. The molecule has 1 fully saturated rings. The van der Waals surface area contributed by atoms with Gasteiger partial charge < -0.3 is 10.0 Å². The van der Waals surface area contributed by atoms with Crippen LogP contribution in [0.1, 0.15) is 28.9 Å². The van der Waals surface area contributed by atoms with E-state index < -0.39 is 5.97 Å². The normalized spacial score (nSPS) is 19.2. The van der Waals surface area contributed by atoms with E-state index in [0.717, 1.165) is 6.42 Å². The molecule has 0 saturated carbocycles. The van der Waals surface area contributed by atoms with Crippen LogP contribution in [0.2, 0.25) is 0 Å². The van der Waals surface area contributed by atoms with Crippen molar-refractivity contribution in [3.63, 3.8) is 0 Å². The van der Waals surface area contributed by atoms with Crippen molar-refractivity contribution in [1.82, 2.24) is 14.7 Å². The maximum absolute atomic E-state index is 12.2. The number of hydrogen-bond donors (Lipinski definition) is 1. The van der Waals surface area contributed by atoms with Crippen LogP contribution in [0.4, 0.5) is 0 Å². The van der Waals surface area contributed by atoms with Gasteiger partial charge in [0.2, 0.25) is 0 Å². The van der Waals surface area contributed by atoms with Crippen molar-refractivity contribution in [2.24, 2.45) is 13.0 Å². The van der Waals surface area contributed by atoms with Gasteiger partial charge in [0.1, 0.15) is 0 Å². The summed E-state index contributed by atoms with van der Waals surface area (Å²) in [6.45, 7) is 2.96. The number of likely N-dealkylation sites (tertiary alicyclic amines) is 1. The number of carboxylic acid groups (broad SMARTS) is 1. The Bertz CT molecular complexity index is 481. The Morgan fingerprint density at radius 2 is 2.28 bits per heavy atom. The van der Waals surface area contributed by atoms with Crippen LogP contribution in [0.5, 0.6) is 0 Å². The summed E-state index contributed by atoms with van der Waals surface area (Å²) in [5.74, 6) is -0.774. The molecule has 0 aromatic carbocycles. The monoisotopic (exact) mass is 251 g/mol. The average molecular weight is 251 g/mol. The van der Waals surface area contributed by atoms with E-state index in [0.29, 0.717) is 24.3 Å². The minimum atomic E-state index is -0.799. The molecule has 2 heterocycles. The van der Waals surface area contributed by atoms with E-state index in [-0.39, 0.29) is 18.2 Å². The summed E-state index contributed by atoms with van der Waals surface area (Å²) in [5, 5.41) is 12.9. The number of carbonyl (C=O) groups excluding carboxylic acids is 1. The molecule has 18 heavy (non-hydrogen) atoms. The molecule has 1 aliphatic rings. The summed E-state index contributed by atoms with van der Waals surface area (Å²) < 4.78 is 1.62. The quantitative estimate of drug-likeness (QED) is 0.856. The second-order valence-corrected chi connectivity index (χ2v) is 4.81. The molecular formula is C12H17N3O3. The second kappa shape index (κ2) is 4.80. The first-order valence-corrected chi connectivity index (χ1v) is 5.98. The number of aromatic nitrogens is 2. The minimum Gasteiger partial charge on any atom is -0.481 e. The molecule has 1 atom stereocenters. The highest BCUT2D eigenvalue weighted by molar-refractivity contribution is 5.95. The molecule has 1 amide bonds. The Balaban J connectivity index is 2.03. The van der Waals surface area contributed by atoms with Crippen LogP contribution in [0.3, 0.4) is 0 Å². The maximum Gasteiger partial charge on any atom is 0.303 e. The van der Waals surface area contributed by atoms with E-state index in [9.17, 15) is 9.59 Å². The fourth-order valence-electron chi connectivity index (χ4n) is 2.41. The molecule has 1 unspecified atom stereocenters. The molecule has 0 radical (unpaired) electrons. The summed E-state index contributed by atoms with van der Waals surface area (Å²) in [6, 6.07) is 0. The van der Waals surface area contributed by atoms with Crippen LogP contribution in [-0.2, 0) is 11.8 Å². The number of carbonyl (C=O) groups is 2. The lowest BCUT2D eigenvalue weighted by Crippen LogP contribution is -2.29. The van der Waals surface area contributed by atoms with Crippen molar-refractivity contribution >= 4 is 11.9 Å². The Hall–Kier alpha value is -1.85. The molecule has 1 N–H and O–H groups in total. The number of aliphatic carboxylic acids is 1. The molecule has 2 rings (SSSR count). The zero-order chi connectivity index (χ0) is 13.3. The van der Waals surface area contributed by atoms with Gasteiger partial charge in [0, 0.05) is 32.8 Å². The van der Waals surface area contributed by atoms with Gasteiger partial charge in [-0.25, -0.2) is 0 Å². The summed E-state index contributed by atoms with van der Waals surface area (Å²) in [6.07, 6.45) is 2.61. The van der Waals surface area contributed by atoms with Gasteiger partial charge >= 0.3 is 5.97 Å². The van der Waals surface area contributed by atoms with Gasteiger partial charge in [-0.2, -0.15) is 5.10 Å². The van der Waals surface area contributed by atoms with Crippen molar-refractivity contribution in [3.05, 3.63) is 17.5 Å². The Morgan fingerprint density at radius 1 is 1.56 bits per heavy atom. The minimum absolute atomic E-state index is 0.0477. The highest BCUT2D eigenvalue weighted by Gasteiger charge is 2.29. The molecule has 6 heteroatoms. The van der Waals surface area contributed by atoms with E-state index in [1.165, 1.54) is 0 Å². The molecule has 0 bridgehead atoms. The molecule has 1 aromatic rings. The maximum atomic E-state index is 12.2. The summed E-state index contributed by atoms with van der Waals surface area (Å²) in [7, 11) is 1.78. The van der Waals surface area contributed by atoms with E-state index in [1.54, 1.807) is 29.7 Å². The van der Waals surface area contributed by atoms with Crippen molar-refractivity contribution in [2.45, 2.75) is 19.8 Å². The van der Waals surface area contributed by atoms with Crippen molar-refractivity contribution in [2.75, 3.05) is 13.1 Å². The molecule has 0 spiro atoms. The third kappa shape index (κ3) is 2.52. The summed E-state index contributed by atoms with van der Waals surface area (Å²) >= 11 is 0. The fraction of sp³-hybridized carbons (Fsp3) is 0.583. The van der Waals surface area contributed by atoms with Gasteiger partial charge in [0.15, 0.2) is 0 Å². The van der Waals surface area contributed by atoms with E-state index in [4.69, 9.17) is 5.11 Å². The van der Waals surface area contributed by atoms with E-state index in [1.807, 2.05) is 0 Å². The highest BCUT2D eigenvalue weighted by Crippen LogP contribution is 2.22. The topological polar surface area (TPSA) is 75.4 Å². The summed E-state index contributed by atoms with van der Waals surface area (Å²) in [4.78, 5) is 24.6. The Morgan fingerprint density at radius 3 is 2.83 bits per heavy atom. The first-order chi connectivity index (χ1) is 8.47. The highest BCUT2D eigenvalue weighted by atomic mass is 16.4. The molecule has 0 aliphatic carbocycles. The van der Waals surface area contributed by atoms with E-state index in [2.05, 4.69) is 5.10 Å². The molecule has 6 nitrogen and oxygen atoms in total. The van der Waals surface area contributed by atoms with Gasteiger partial charge in [-0.05, 0) is 19.3 Å². The number of nitrogens with zero attached hydrogens (tertiary/aromatic N) is 3. The summed E-state index contributed by atoms with van der Waals surface area (Å²) in [5.41, 5.74) is 1.32. The van der Waals surface area contributed by atoms with Gasteiger partial charge in [0.25, 0.3) is 5.91 Å². The molecule has 1 aliphatic heterocycles. The number of amides is 1. The number of carboxylic acids is 1. The third-order valence-electron chi connectivity index (χ3n) is 3.28. The van der Waals surface area contributed by atoms with Gasteiger partial charge in [-0.3, -0.25) is 14.3 Å². The fourth-order valence-corrected chi connectivity index (χ4v) is 2.41. The molecule has 98 valence electrons. The predicted molar refractivity (Wildman–Crippen MR) is 64.2 cm³/mol. The van der Waals surface area contributed by atoms with Crippen LogP contribution in [0, 0.1) is 12.8 Å². The largest absolute Gasteiger partial charge is 0.481 e. The zero-order valence-electron chi connectivity index (χ0n) is 10.6. The molecule has 1 aromatic heterocycles. The average Bonchev–Trinajstić information content (AvgIpc) is 2.84. The molecular weight excluding hydrogens is 234 g/mol. The smallest absolute Gasteiger partial charge is 0.303 e. The van der Waals surface area contributed by atoms with Crippen LogP contribution in [-0.4, -0.2) is 44.8 Å². The number of aryl methyl sites for hydroxylation is 2. The van der Waals surface area contributed by atoms with Crippen molar-refractivity contribution < 1.29 is 14.7 Å². The number of hydrogen-bond acceptors (Lipinski definition) is 3. The Labute approximate surface area is 105 Å². The lowest BCUT2D eigenvalue weighted by Gasteiger charge is -2.15. The van der Waals surface area contributed by atoms with Crippen LogP contribution in [0.25, 0.3) is 0 Å². The first kappa shape index (κ1) is 12.6. The zero-order valence-corrected chi connectivity index (χ0v) is 10.6. The lowest BCUT2D eigenvalue weighted by atomic mass is 10.1. The predicted octanol–water partition coefficient (Wildman–Crippen LogP) is 0.665. The van der Waals surface area contributed by atoms with Crippen LogP contribution in [0.15, 0.2) is 6.20 Å². The van der Waals surface area contributed by atoms with Crippen LogP contribution < -0.4 is 0 Å².